The molecule has 2 aromatic heterocycles. The van der Waals surface area contributed by atoms with Gasteiger partial charge in [0.15, 0.2) is 0 Å². The Morgan fingerprint density at radius 3 is 2.07 bits per heavy atom. The predicted molar refractivity (Wildman–Crippen MR) is 172 cm³/mol. The van der Waals surface area contributed by atoms with Gasteiger partial charge in [0.1, 0.15) is 0 Å². The molecule has 0 aliphatic heterocycles. The molecule has 2 heterocycles. The molecule has 0 fully saturated rings. The number of para-hydroxylation sites is 2. The van der Waals surface area contributed by atoms with E-state index in [9.17, 15) is 0 Å². The first-order chi connectivity index (χ1) is 19.6. The van der Waals surface area contributed by atoms with Gasteiger partial charge in [0.2, 0.25) is 0 Å². The van der Waals surface area contributed by atoms with E-state index >= 15 is 0 Å². The summed E-state index contributed by atoms with van der Waals surface area (Å²) in [6.07, 6.45) is 4.25. The molecule has 6 rings (SSSR count). The maximum atomic E-state index is 6.03. The van der Waals surface area contributed by atoms with Gasteiger partial charge in [-0.25, -0.2) is 0 Å². The fourth-order valence-electron chi connectivity index (χ4n) is 5.95. The molecule has 0 aliphatic rings. The van der Waals surface area contributed by atoms with Crippen molar-refractivity contribution < 1.29 is 24.5 Å². The summed E-state index contributed by atoms with van der Waals surface area (Å²) in [5, 5.41) is 1.06. The van der Waals surface area contributed by atoms with Crippen LogP contribution in [0.2, 0.25) is 0 Å². The molecule has 1 radical (unpaired) electrons. The Morgan fingerprint density at radius 1 is 0.786 bits per heavy atom. The maximum Gasteiger partial charge on any atom is 0.0774 e. The average Bonchev–Trinajstić information content (AvgIpc) is 3.52. The summed E-state index contributed by atoms with van der Waals surface area (Å²) in [4.78, 5) is 5.24. The van der Waals surface area contributed by atoms with Crippen LogP contribution < -0.4 is 0 Å². The van der Waals surface area contributed by atoms with Gasteiger partial charge < -0.3 is 8.98 Å². The average molecular weight is 732 g/mol. The minimum absolute atomic E-state index is 0. The van der Waals surface area contributed by atoms with Gasteiger partial charge in [-0.15, -0.1) is 0 Å². The van der Waals surface area contributed by atoms with Crippen molar-refractivity contribution in [3.63, 3.8) is 0 Å². The van der Waals surface area contributed by atoms with Gasteiger partial charge in [-0.1, -0.05) is 126 Å². The van der Waals surface area contributed by atoms with Gasteiger partial charge in [-0.05, 0) is 70.2 Å². The van der Waals surface area contributed by atoms with Gasteiger partial charge >= 0.3 is 0 Å². The topological polar surface area (TPSA) is 31.0 Å². The monoisotopic (exact) mass is 732 g/mol. The molecule has 0 bridgehead atoms. The van der Waals surface area contributed by atoms with Gasteiger partial charge in [-0.2, -0.15) is 0 Å². The minimum Gasteiger partial charge on any atom is -0.557 e. The number of imidazole rings is 1. The van der Waals surface area contributed by atoms with Crippen molar-refractivity contribution in [1.82, 2.24) is 9.55 Å². The van der Waals surface area contributed by atoms with Crippen molar-refractivity contribution in [3.05, 3.63) is 108 Å². The second kappa shape index (κ2) is 11.7. The molecular formula is C38H39IrN2O-. The normalized spacial score (nSPS) is 12.0. The minimum atomic E-state index is 0. The third kappa shape index (κ3) is 5.63. The number of aromatic nitrogens is 2. The van der Waals surface area contributed by atoms with Crippen molar-refractivity contribution in [1.29, 1.82) is 0 Å². The summed E-state index contributed by atoms with van der Waals surface area (Å²) < 4.78 is 8.40. The summed E-state index contributed by atoms with van der Waals surface area (Å²) >= 11 is 0. The Balaban J connectivity index is 0.00000353. The first kappa shape index (κ1) is 30.0. The molecule has 0 spiro atoms. The SMILES string of the molecule is CC(C)c1cc(-c2ccccc2)cc(C(C)C)c1-n1c(-c2[c-]oc3ccc(CC(C)(C)C)cc23)nc2ccccc21.[Ir]. The molecule has 4 aromatic carbocycles. The van der Waals surface area contributed by atoms with E-state index in [4.69, 9.17) is 9.40 Å². The van der Waals surface area contributed by atoms with E-state index in [2.05, 4.69) is 144 Å². The first-order valence-corrected chi connectivity index (χ1v) is 14.8. The number of benzene rings is 4. The smallest absolute Gasteiger partial charge is 0.0774 e. The third-order valence-electron chi connectivity index (χ3n) is 7.84. The van der Waals surface area contributed by atoms with Crippen molar-refractivity contribution in [2.45, 2.75) is 66.7 Å². The second-order valence-electron chi connectivity index (χ2n) is 13.1. The van der Waals surface area contributed by atoms with E-state index in [0.717, 1.165) is 39.8 Å². The van der Waals surface area contributed by atoms with Crippen LogP contribution in [0.1, 0.15) is 77.0 Å². The second-order valence-corrected chi connectivity index (χ2v) is 13.1. The molecule has 6 aromatic rings. The van der Waals surface area contributed by atoms with Gasteiger partial charge in [0.05, 0.1) is 16.9 Å². The zero-order valence-corrected chi connectivity index (χ0v) is 28.0. The van der Waals surface area contributed by atoms with Crippen LogP contribution in [0, 0.1) is 11.7 Å². The van der Waals surface area contributed by atoms with E-state index in [1.807, 2.05) is 0 Å². The molecule has 217 valence electrons. The van der Waals surface area contributed by atoms with Crippen LogP contribution >= 0.6 is 0 Å². The van der Waals surface area contributed by atoms with E-state index in [-0.39, 0.29) is 25.5 Å². The van der Waals surface area contributed by atoms with Crippen LogP contribution in [-0.4, -0.2) is 9.55 Å². The largest absolute Gasteiger partial charge is 0.557 e. The number of fused-ring (bicyclic) bond motifs is 2. The molecule has 0 atom stereocenters. The summed E-state index contributed by atoms with van der Waals surface area (Å²) in [6, 6.07) is 30.4. The quantitative estimate of drug-likeness (QED) is 0.160. The molecule has 3 nitrogen and oxygen atoms in total. The number of rotatable bonds is 6. The molecule has 0 saturated carbocycles. The maximum absolute atomic E-state index is 6.03. The number of hydrogen-bond acceptors (Lipinski definition) is 2. The van der Waals surface area contributed by atoms with Crippen molar-refractivity contribution in [3.8, 4) is 28.2 Å². The standard InChI is InChI=1S/C38H39N2O.Ir/c1-24(2)29-20-28(27-13-9-8-10-14-27)21-30(25(3)4)36(29)40-34-16-12-11-15-33(34)39-37(40)32-23-41-35-18-17-26(19-31(32)35)22-38(5,6)7;/h8-21,24-25H,22H2,1-7H3;/q-1;. The Bertz CT molecular complexity index is 1820. The molecular weight excluding hydrogens is 693 g/mol. The molecule has 4 heteroatoms. The predicted octanol–water partition coefficient (Wildman–Crippen LogP) is 10.7. The fourth-order valence-corrected chi connectivity index (χ4v) is 5.95. The summed E-state index contributed by atoms with van der Waals surface area (Å²) in [6.45, 7) is 16.0. The van der Waals surface area contributed by atoms with Crippen LogP contribution in [-0.2, 0) is 26.5 Å². The fraction of sp³-hybridized carbons (Fsp3) is 0.289. The van der Waals surface area contributed by atoms with Crippen LogP contribution in [0.4, 0.5) is 0 Å². The number of hydrogen-bond donors (Lipinski definition) is 0. The molecule has 0 saturated heterocycles. The van der Waals surface area contributed by atoms with Gasteiger partial charge in [0.25, 0.3) is 0 Å². The Morgan fingerprint density at radius 2 is 1.43 bits per heavy atom. The van der Waals surface area contributed by atoms with Crippen LogP contribution in [0.15, 0.2) is 89.3 Å². The molecule has 0 amide bonds. The van der Waals surface area contributed by atoms with E-state index in [1.54, 1.807) is 0 Å². The number of nitrogens with zero attached hydrogens (tertiary/aromatic N) is 2. The van der Waals surface area contributed by atoms with Crippen LogP contribution in [0.5, 0.6) is 0 Å². The summed E-state index contributed by atoms with van der Waals surface area (Å²) in [5.41, 5.74) is 11.6. The molecule has 42 heavy (non-hydrogen) atoms. The summed E-state index contributed by atoms with van der Waals surface area (Å²) in [7, 11) is 0. The summed E-state index contributed by atoms with van der Waals surface area (Å²) in [5.74, 6) is 1.49. The van der Waals surface area contributed by atoms with Crippen molar-refractivity contribution in [2.75, 3.05) is 0 Å². The first-order valence-electron chi connectivity index (χ1n) is 14.8. The van der Waals surface area contributed by atoms with E-state index in [1.165, 1.54) is 33.5 Å². The Kier molecular flexibility index (Phi) is 8.34. The molecule has 0 N–H and O–H groups in total. The third-order valence-corrected chi connectivity index (χ3v) is 7.84. The molecule has 0 aliphatic carbocycles. The van der Waals surface area contributed by atoms with Gasteiger partial charge in [-0.3, -0.25) is 4.98 Å². The van der Waals surface area contributed by atoms with Crippen LogP contribution in [0.3, 0.4) is 0 Å². The van der Waals surface area contributed by atoms with Gasteiger partial charge in [0, 0.05) is 37.6 Å². The van der Waals surface area contributed by atoms with Crippen LogP contribution in [0.25, 0.3) is 50.2 Å². The Labute approximate surface area is 263 Å². The van der Waals surface area contributed by atoms with Crippen molar-refractivity contribution >= 4 is 22.0 Å². The zero-order valence-electron chi connectivity index (χ0n) is 25.6. The van der Waals surface area contributed by atoms with Crippen molar-refractivity contribution in [2.24, 2.45) is 5.41 Å². The van der Waals surface area contributed by atoms with E-state index in [0.29, 0.717) is 11.8 Å². The number of furan rings is 1. The molecule has 0 unspecified atom stereocenters. The Hall–Kier alpha value is -3.46. The zero-order chi connectivity index (χ0) is 28.9. The van der Waals surface area contributed by atoms with E-state index < -0.39 is 0 Å².